The first-order chi connectivity index (χ1) is 6.13. The van der Waals surface area contributed by atoms with Crippen molar-refractivity contribution in [2.75, 3.05) is 5.32 Å². The molecule has 0 amide bonds. The second kappa shape index (κ2) is 4.39. The zero-order valence-corrected chi connectivity index (χ0v) is 9.52. The van der Waals surface area contributed by atoms with Gasteiger partial charge < -0.3 is 11.1 Å². The summed E-state index contributed by atoms with van der Waals surface area (Å²) in [5.74, 6) is 0. The minimum Gasteiger partial charge on any atom is -0.376 e. The minimum atomic E-state index is 0.165. The van der Waals surface area contributed by atoms with E-state index < -0.39 is 0 Å². The molecule has 0 fully saturated rings. The summed E-state index contributed by atoms with van der Waals surface area (Å²) in [5, 5.41) is 11.7. The molecule has 5 heteroatoms. The van der Waals surface area contributed by atoms with Gasteiger partial charge in [0.1, 0.15) is 6.07 Å². The van der Waals surface area contributed by atoms with Crippen molar-refractivity contribution in [2.45, 2.75) is 0 Å². The number of benzene rings is 1. The fraction of sp³-hybridized carbons (Fsp3) is 0. The van der Waals surface area contributed by atoms with E-state index in [9.17, 15) is 0 Å². The molecule has 0 atom stereocenters. The van der Waals surface area contributed by atoms with Gasteiger partial charge >= 0.3 is 0 Å². The maximum Gasteiger partial charge on any atom is 0.168 e. The fourth-order valence-corrected chi connectivity index (χ4v) is 1.45. The molecule has 13 heavy (non-hydrogen) atoms. The van der Waals surface area contributed by atoms with Gasteiger partial charge in [-0.15, -0.1) is 0 Å². The maximum atomic E-state index is 8.78. The molecule has 0 aromatic heterocycles. The molecule has 0 saturated carbocycles. The fourth-order valence-electron chi connectivity index (χ4n) is 0.851. The molecular weight excluding hydrogens is 297 g/mol. The standard InChI is InChI=1S/C8H6IN3S/c9-6-1-2-7(12-8(11)13)5(3-6)4-10/h1-3H,(H3,11,12,13). The molecule has 0 aliphatic rings. The van der Waals surface area contributed by atoms with Crippen LogP contribution in [0.1, 0.15) is 5.56 Å². The lowest BCUT2D eigenvalue weighted by atomic mass is 10.2. The first-order valence-electron chi connectivity index (χ1n) is 3.39. The van der Waals surface area contributed by atoms with Crippen LogP contribution in [0.15, 0.2) is 18.2 Å². The summed E-state index contributed by atoms with van der Waals surface area (Å²) in [4.78, 5) is 0. The largest absolute Gasteiger partial charge is 0.376 e. The van der Waals surface area contributed by atoms with E-state index in [4.69, 9.17) is 11.0 Å². The molecule has 0 aliphatic carbocycles. The van der Waals surface area contributed by atoms with Crippen molar-refractivity contribution in [3.05, 3.63) is 27.3 Å². The normalized spacial score (nSPS) is 8.92. The van der Waals surface area contributed by atoms with Gasteiger partial charge in [-0.1, -0.05) is 0 Å². The minimum absolute atomic E-state index is 0.165. The molecule has 1 aromatic carbocycles. The van der Waals surface area contributed by atoms with Crippen molar-refractivity contribution in [3.8, 4) is 6.07 Å². The Bertz CT molecular complexity index is 383. The van der Waals surface area contributed by atoms with Gasteiger partial charge in [-0.05, 0) is 53.0 Å². The van der Waals surface area contributed by atoms with Crippen LogP contribution in [0.3, 0.4) is 0 Å². The SMILES string of the molecule is N#Cc1cc(I)ccc1NC(N)=S. The highest BCUT2D eigenvalue weighted by molar-refractivity contribution is 14.1. The lowest BCUT2D eigenvalue weighted by molar-refractivity contribution is 1.46. The topological polar surface area (TPSA) is 61.8 Å². The Morgan fingerprint density at radius 1 is 1.62 bits per heavy atom. The molecule has 0 unspecified atom stereocenters. The third-order valence-electron chi connectivity index (χ3n) is 1.36. The summed E-state index contributed by atoms with van der Waals surface area (Å²) in [6.45, 7) is 0. The summed E-state index contributed by atoms with van der Waals surface area (Å²) < 4.78 is 1.00. The van der Waals surface area contributed by atoms with E-state index in [1.54, 1.807) is 12.1 Å². The monoisotopic (exact) mass is 303 g/mol. The number of hydrogen-bond donors (Lipinski definition) is 2. The number of nitrogens with zero attached hydrogens (tertiary/aromatic N) is 1. The average Bonchev–Trinajstić information content (AvgIpc) is 2.07. The van der Waals surface area contributed by atoms with Gasteiger partial charge in [0.2, 0.25) is 0 Å². The van der Waals surface area contributed by atoms with Crippen molar-refractivity contribution in [1.29, 1.82) is 5.26 Å². The van der Waals surface area contributed by atoms with Crippen LogP contribution < -0.4 is 11.1 Å². The van der Waals surface area contributed by atoms with E-state index in [2.05, 4.69) is 46.2 Å². The van der Waals surface area contributed by atoms with E-state index in [0.29, 0.717) is 11.3 Å². The number of nitriles is 1. The molecule has 3 nitrogen and oxygen atoms in total. The molecule has 66 valence electrons. The van der Waals surface area contributed by atoms with Crippen LogP contribution >= 0.6 is 34.8 Å². The van der Waals surface area contributed by atoms with Gasteiger partial charge in [-0.2, -0.15) is 5.26 Å². The Labute approximate surface area is 95.1 Å². The lowest BCUT2D eigenvalue weighted by Gasteiger charge is -2.05. The smallest absolute Gasteiger partial charge is 0.168 e. The van der Waals surface area contributed by atoms with Crippen LogP contribution in [0.25, 0.3) is 0 Å². The van der Waals surface area contributed by atoms with Gasteiger partial charge in [0.15, 0.2) is 5.11 Å². The third kappa shape index (κ3) is 2.82. The van der Waals surface area contributed by atoms with Crippen molar-refractivity contribution in [3.63, 3.8) is 0 Å². The molecule has 0 saturated heterocycles. The van der Waals surface area contributed by atoms with Gasteiger partial charge in [0.05, 0.1) is 11.3 Å². The first-order valence-corrected chi connectivity index (χ1v) is 4.88. The Balaban J connectivity index is 3.08. The number of rotatable bonds is 1. The summed E-state index contributed by atoms with van der Waals surface area (Å²) >= 11 is 6.81. The van der Waals surface area contributed by atoms with Crippen LogP contribution in [0.2, 0.25) is 0 Å². The average molecular weight is 303 g/mol. The third-order valence-corrected chi connectivity index (χ3v) is 2.13. The van der Waals surface area contributed by atoms with E-state index >= 15 is 0 Å². The Kier molecular flexibility index (Phi) is 3.45. The molecule has 1 aromatic rings. The quantitative estimate of drug-likeness (QED) is 0.613. The first kappa shape index (κ1) is 10.2. The predicted molar refractivity (Wildman–Crippen MR) is 64.3 cm³/mol. The highest BCUT2D eigenvalue weighted by Gasteiger charge is 2.02. The zero-order chi connectivity index (χ0) is 9.84. The summed E-state index contributed by atoms with van der Waals surface area (Å²) in [6, 6.07) is 7.48. The van der Waals surface area contributed by atoms with Gasteiger partial charge in [0.25, 0.3) is 0 Å². The summed E-state index contributed by atoms with van der Waals surface area (Å²) in [6.07, 6.45) is 0. The maximum absolute atomic E-state index is 8.78. The molecule has 0 radical (unpaired) electrons. The lowest BCUT2D eigenvalue weighted by Crippen LogP contribution is -2.19. The molecule has 1 rings (SSSR count). The number of nitrogens with two attached hydrogens (primary N) is 1. The van der Waals surface area contributed by atoms with E-state index in [1.807, 2.05) is 6.07 Å². The van der Waals surface area contributed by atoms with Crippen LogP contribution in [-0.2, 0) is 0 Å². The van der Waals surface area contributed by atoms with E-state index in [1.165, 1.54) is 0 Å². The molecule has 0 aliphatic heterocycles. The Morgan fingerprint density at radius 3 is 2.85 bits per heavy atom. The predicted octanol–water partition coefficient (Wildman–Crippen LogP) is 1.82. The van der Waals surface area contributed by atoms with E-state index in [0.717, 1.165) is 3.57 Å². The summed E-state index contributed by atoms with van der Waals surface area (Å²) in [5.41, 5.74) is 6.49. The summed E-state index contributed by atoms with van der Waals surface area (Å²) in [7, 11) is 0. The number of hydrogen-bond acceptors (Lipinski definition) is 2. The molecule has 3 N–H and O–H groups in total. The Morgan fingerprint density at radius 2 is 2.31 bits per heavy atom. The van der Waals surface area contributed by atoms with Crippen LogP contribution in [0, 0.1) is 14.9 Å². The highest BCUT2D eigenvalue weighted by atomic mass is 127. The molecular formula is C8H6IN3S. The second-order valence-electron chi connectivity index (χ2n) is 2.29. The van der Waals surface area contributed by atoms with Gasteiger partial charge in [0, 0.05) is 3.57 Å². The van der Waals surface area contributed by atoms with Crippen LogP contribution in [-0.4, -0.2) is 5.11 Å². The van der Waals surface area contributed by atoms with Crippen molar-refractivity contribution >= 4 is 45.6 Å². The van der Waals surface area contributed by atoms with Crippen LogP contribution in [0.5, 0.6) is 0 Å². The van der Waals surface area contributed by atoms with Crippen LogP contribution in [0.4, 0.5) is 5.69 Å². The molecule has 0 spiro atoms. The van der Waals surface area contributed by atoms with Gasteiger partial charge in [-0.25, -0.2) is 0 Å². The van der Waals surface area contributed by atoms with Gasteiger partial charge in [-0.3, -0.25) is 0 Å². The van der Waals surface area contributed by atoms with Crippen molar-refractivity contribution in [2.24, 2.45) is 5.73 Å². The zero-order valence-electron chi connectivity index (χ0n) is 6.54. The number of anilines is 1. The molecule has 0 heterocycles. The van der Waals surface area contributed by atoms with Crippen molar-refractivity contribution < 1.29 is 0 Å². The number of halogens is 1. The second-order valence-corrected chi connectivity index (χ2v) is 3.98. The number of thiocarbonyl (C=S) groups is 1. The highest BCUT2D eigenvalue weighted by Crippen LogP contribution is 2.17. The Hall–Kier alpha value is -0.870. The van der Waals surface area contributed by atoms with E-state index in [-0.39, 0.29) is 5.11 Å². The molecule has 0 bridgehead atoms. The van der Waals surface area contributed by atoms with Crippen molar-refractivity contribution in [1.82, 2.24) is 0 Å². The number of nitrogens with one attached hydrogen (secondary N) is 1.